The maximum atomic E-state index is 13.9. The van der Waals surface area contributed by atoms with E-state index in [1.807, 2.05) is 30.3 Å². The third-order valence-corrected chi connectivity index (χ3v) is 9.37. The SMILES string of the molecule is C=CCOC(=O)O[C@H](C)[C@H]1C(=O)N2C(C(=O)OCC=C)=C(CN3N=C(c4ccccc4)c4ccccc4S3(=O)=O)[C@H](C)[C@H]12. The van der Waals surface area contributed by atoms with Crippen LogP contribution >= 0.6 is 0 Å². The summed E-state index contributed by atoms with van der Waals surface area (Å²) in [6.07, 6.45) is 0.940. The number of nitrogens with zero attached hydrogens (tertiary/aromatic N) is 3. The van der Waals surface area contributed by atoms with Crippen LogP contribution in [-0.2, 0) is 33.8 Å². The highest BCUT2D eigenvalue weighted by molar-refractivity contribution is 7.89. The lowest BCUT2D eigenvalue weighted by molar-refractivity contribution is -0.164. The topological polar surface area (TPSA) is 132 Å². The molecule has 1 saturated heterocycles. The summed E-state index contributed by atoms with van der Waals surface area (Å²) in [5.41, 5.74) is 1.92. The summed E-state index contributed by atoms with van der Waals surface area (Å²) in [7, 11) is -4.14. The molecular weight excluding hydrogens is 574 g/mol. The van der Waals surface area contributed by atoms with Gasteiger partial charge in [-0.15, -0.1) is 0 Å². The van der Waals surface area contributed by atoms with Crippen LogP contribution in [0.2, 0.25) is 0 Å². The number of hydrogen-bond acceptors (Lipinski definition) is 9. The molecular formula is C31H31N3O8S. The highest BCUT2D eigenvalue weighted by Gasteiger charge is 2.61. The van der Waals surface area contributed by atoms with Gasteiger partial charge in [-0.1, -0.05) is 80.8 Å². The van der Waals surface area contributed by atoms with Gasteiger partial charge >= 0.3 is 12.1 Å². The van der Waals surface area contributed by atoms with Crippen molar-refractivity contribution in [3.8, 4) is 0 Å². The molecule has 0 unspecified atom stereocenters. The molecule has 0 bridgehead atoms. The van der Waals surface area contributed by atoms with Crippen molar-refractivity contribution < 1.29 is 37.0 Å². The monoisotopic (exact) mass is 605 g/mol. The van der Waals surface area contributed by atoms with E-state index in [0.717, 1.165) is 4.41 Å². The van der Waals surface area contributed by atoms with Gasteiger partial charge in [0, 0.05) is 17.0 Å². The molecule has 1 amide bonds. The summed E-state index contributed by atoms with van der Waals surface area (Å²) < 4.78 is 44.2. The van der Waals surface area contributed by atoms with Gasteiger partial charge in [0.1, 0.15) is 30.7 Å². The summed E-state index contributed by atoms with van der Waals surface area (Å²) in [4.78, 5) is 40.2. The molecule has 1 fully saturated rings. The van der Waals surface area contributed by atoms with Crippen LogP contribution in [0.1, 0.15) is 25.0 Å². The number of hydrogen-bond donors (Lipinski definition) is 0. The zero-order valence-corrected chi connectivity index (χ0v) is 24.5. The van der Waals surface area contributed by atoms with E-state index in [9.17, 15) is 22.8 Å². The van der Waals surface area contributed by atoms with Gasteiger partial charge in [-0.2, -0.15) is 17.9 Å². The van der Waals surface area contributed by atoms with Crippen LogP contribution in [0.15, 0.2) is 101 Å². The van der Waals surface area contributed by atoms with Crippen molar-refractivity contribution in [2.45, 2.75) is 30.9 Å². The lowest BCUT2D eigenvalue weighted by Gasteiger charge is -2.47. The highest BCUT2D eigenvalue weighted by Crippen LogP contribution is 2.48. The quantitative estimate of drug-likeness (QED) is 0.228. The molecule has 0 radical (unpaired) electrons. The molecule has 2 aromatic rings. The minimum absolute atomic E-state index is 0.0486. The zero-order chi connectivity index (χ0) is 30.9. The number of β-lactam (4-membered cyclic amide) rings is 1. The lowest BCUT2D eigenvalue weighted by atomic mass is 9.77. The first kappa shape index (κ1) is 29.8. The number of amides is 1. The summed E-state index contributed by atoms with van der Waals surface area (Å²) in [6.45, 7) is 9.93. The van der Waals surface area contributed by atoms with Crippen molar-refractivity contribution in [2.75, 3.05) is 19.8 Å². The van der Waals surface area contributed by atoms with Gasteiger partial charge in [-0.3, -0.25) is 4.79 Å². The fraction of sp³-hybridized carbons (Fsp3) is 0.290. The molecule has 0 aromatic heterocycles. The van der Waals surface area contributed by atoms with Crippen molar-refractivity contribution in [3.05, 3.63) is 102 Å². The van der Waals surface area contributed by atoms with Gasteiger partial charge in [0.2, 0.25) is 5.91 Å². The molecule has 3 heterocycles. The van der Waals surface area contributed by atoms with Crippen LogP contribution in [-0.4, -0.2) is 73.4 Å². The van der Waals surface area contributed by atoms with Gasteiger partial charge in [-0.25, -0.2) is 9.59 Å². The number of carbonyl (C=O) groups is 3. The molecule has 3 aliphatic rings. The van der Waals surface area contributed by atoms with E-state index in [2.05, 4.69) is 18.3 Å². The predicted molar refractivity (Wildman–Crippen MR) is 156 cm³/mol. The Hall–Kier alpha value is -4.71. The number of carbonyl (C=O) groups excluding carboxylic acids is 3. The Morgan fingerprint density at radius 3 is 2.37 bits per heavy atom. The molecule has 43 heavy (non-hydrogen) atoms. The van der Waals surface area contributed by atoms with Gasteiger partial charge in [-0.05, 0) is 18.6 Å². The first-order valence-electron chi connectivity index (χ1n) is 13.7. The van der Waals surface area contributed by atoms with Gasteiger partial charge in [0.05, 0.1) is 23.4 Å². The first-order chi connectivity index (χ1) is 20.6. The van der Waals surface area contributed by atoms with Gasteiger partial charge in [0.25, 0.3) is 10.0 Å². The number of ether oxygens (including phenoxy) is 3. The number of benzene rings is 2. The first-order valence-corrected chi connectivity index (χ1v) is 15.1. The van der Waals surface area contributed by atoms with Crippen LogP contribution < -0.4 is 0 Å². The maximum Gasteiger partial charge on any atom is 0.508 e. The maximum absolute atomic E-state index is 13.9. The van der Waals surface area contributed by atoms with Gasteiger partial charge in [0.15, 0.2) is 0 Å². The van der Waals surface area contributed by atoms with Crippen LogP contribution in [0.5, 0.6) is 0 Å². The molecule has 5 rings (SSSR count). The van der Waals surface area contributed by atoms with Crippen molar-refractivity contribution in [1.82, 2.24) is 9.31 Å². The molecule has 4 atom stereocenters. The lowest BCUT2D eigenvalue weighted by Crippen LogP contribution is -2.64. The number of fused-ring (bicyclic) bond motifs is 2. The Labute approximate surface area is 249 Å². The summed E-state index contributed by atoms with van der Waals surface area (Å²) in [6, 6.07) is 15.2. The fourth-order valence-corrected chi connectivity index (χ4v) is 7.13. The molecule has 11 nitrogen and oxygen atoms in total. The highest BCUT2D eigenvalue weighted by atomic mass is 32.2. The molecule has 0 spiro atoms. The van der Waals surface area contributed by atoms with E-state index >= 15 is 0 Å². The van der Waals surface area contributed by atoms with E-state index in [1.54, 1.807) is 32.0 Å². The number of rotatable bonds is 10. The summed E-state index contributed by atoms with van der Waals surface area (Å²) in [5, 5.41) is 4.57. The average Bonchev–Trinajstić information content (AvgIpc) is 3.24. The summed E-state index contributed by atoms with van der Waals surface area (Å²) >= 11 is 0. The molecule has 224 valence electrons. The van der Waals surface area contributed by atoms with Crippen LogP contribution in [0, 0.1) is 11.8 Å². The van der Waals surface area contributed by atoms with Crippen LogP contribution in [0.25, 0.3) is 0 Å². The van der Waals surface area contributed by atoms with E-state index in [-0.39, 0.29) is 30.4 Å². The third kappa shape index (κ3) is 5.22. The minimum Gasteiger partial charge on any atom is -0.457 e. The number of hydrazone groups is 1. The van der Waals surface area contributed by atoms with Crippen molar-refractivity contribution >= 4 is 33.8 Å². The second-order valence-corrected chi connectivity index (χ2v) is 12.1. The smallest absolute Gasteiger partial charge is 0.457 e. The van der Waals surface area contributed by atoms with Crippen molar-refractivity contribution in [1.29, 1.82) is 0 Å². The summed E-state index contributed by atoms with van der Waals surface area (Å²) in [5.74, 6) is -2.56. The fourth-order valence-electron chi connectivity index (χ4n) is 5.71. The zero-order valence-electron chi connectivity index (χ0n) is 23.7. The minimum atomic E-state index is -4.14. The Morgan fingerprint density at radius 2 is 1.67 bits per heavy atom. The molecule has 0 N–H and O–H groups in total. The standard InChI is InChI=1S/C31H31N3O8S/c1-5-16-40-30(36)28-23(19(3)27-25(29(35)34(27)28)20(4)42-31(37)41-17-6-2)18-33-32-26(21-12-8-7-9-13-21)22-14-10-11-15-24(22)43(33,38)39/h5-15,19-20,25,27H,1-2,16-18H2,3-4H3/t19-,20+,25+,27+/m0/s1. The van der Waals surface area contributed by atoms with E-state index in [1.165, 1.54) is 23.1 Å². The molecule has 2 aromatic carbocycles. The normalized spacial score (nSPS) is 22.4. The molecule has 12 heteroatoms. The largest absolute Gasteiger partial charge is 0.508 e. The number of esters is 1. The van der Waals surface area contributed by atoms with Crippen molar-refractivity contribution in [3.63, 3.8) is 0 Å². The second-order valence-electron chi connectivity index (χ2n) is 10.2. The molecule has 3 aliphatic heterocycles. The predicted octanol–water partition coefficient (Wildman–Crippen LogP) is 3.63. The Kier molecular flexibility index (Phi) is 8.23. The van der Waals surface area contributed by atoms with Crippen LogP contribution in [0.3, 0.4) is 0 Å². The molecule has 0 saturated carbocycles. The number of sulfonamides is 1. The Morgan fingerprint density at radius 1 is 1.02 bits per heavy atom. The Balaban J connectivity index is 1.53. The molecule has 0 aliphatic carbocycles. The Bertz CT molecular complexity index is 1650. The van der Waals surface area contributed by atoms with E-state index in [0.29, 0.717) is 22.4 Å². The van der Waals surface area contributed by atoms with Gasteiger partial charge < -0.3 is 19.1 Å². The van der Waals surface area contributed by atoms with E-state index in [4.69, 9.17) is 14.2 Å². The average molecular weight is 606 g/mol. The van der Waals surface area contributed by atoms with Crippen LogP contribution in [0.4, 0.5) is 4.79 Å². The van der Waals surface area contributed by atoms with E-state index < -0.39 is 52.0 Å². The van der Waals surface area contributed by atoms with Crippen molar-refractivity contribution in [2.24, 2.45) is 16.9 Å². The second kappa shape index (κ2) is 11.9. The third-order valence-electron chi connectivity index (χ3n) is 7.69.